The number of fused-ring (bicyclic) bond motifs is 2. The van der Waals surface area contributed by atoms with E-state index in [0.717, 1.165) is 18.1 Å². The molecule has 4 heterocycles. The Morgan fingerprint density at radius 3 is 2.34 bits per heavy atom. The van der Waals surface area contributed by atoms with Crippen molar-refractivity contribution < 1.29 is 17.6 Å². The number of halogens is 4. The van der Waals surface area contributed by atoms with E-state index in [1.807, 2.05) is 25.7 Å². The molecular weight excluding hydrogens is 386 g/mol. The lowest BCUT2D eigenvalue weighted by atomic mass is 9.91. The molecule has 0 radical (unpaired) electrons. The SMILES string of the molecule is CC(C)(C)c1ncnc(N2CC3CC2CN3Cc2ccc(C(F)(F)F)nc2)c1F. The van der Waals surface area contributed by atoms with Gasteiger partial charge in [0.15, 0.2) is 11.6 Å². The van der Waals surface area contributed by atoms with E-state index >= 15 is 4.39 Å². The van der Waals surface area contributed by atoms with E-state index in [9.17, 15) is 13.2 Å². The van der Waals surface area contributed by atoms with Gasteiger partial charge in [0.1, 0.15) is 12.0 Å². The minimum absolute atomic E-state index is 0.125. The number of rotatable bonds is 3. The maximum absolute atomic E-state index is 15.0. The Morgan fingerprint density at radius 2 is 1.79 bits per heavy atom. The quantitative estimate of drug-likeness (QED) is 0.722. The molecule has 2 aromatic rings. The third-order valence-electron chi connectivity index (χ3n) is 5.61. The van der Waals surface area contributed by atoms with Crippen LogP contribution in [-0.2, 0) is 18.1 Å². The fourth-order valence-corrected chi connectivity index (χ4v) is 4.21. The van der Waals surface area contributed by atoms with Crippen LogP contribution in [0.5, 0.6) is 0 Å². The Balaban J connectivity index is 1.46. The van der Waals surface area contributed by atoms with Crippen LogP contribution in [0.1, 0.15) is 44.1 Å². The van der Waals surface area contributed by atoms with Gasteiger partial charge >= 0.3 is 6.18 Å². The van der Waals surface area contributed by atoms with Crippen LogP contribution in [-0.4, -0.2) is 45.0 Å². The molecule has 29 heavy (non-hydrogen) atoms. The van der Waals surface area contributed by atoms with E-state index in [1.54, 1.807) is 0 Å². The normalized spacial score (nSPS) is 22.5. The number of anilines is 1. The number of hydrogen-bond acceptors (Lipinski definition) is 5. The van der Waals surface area contributed by atoms with E-state index in [2.05, 4.69) is 19.9 Å². The van der Waals surface area contributed by atoms with Crippen LogP contribution in [0.25, 0.3) is 0 Å². The number of hydrogen-bond donors (Lipinski definition) is 0. The summed E-state index contributed by atoms with van der Waals surface area (Å²) in [7, 11) is 0. The zero-order valence-electron chi connectivity index (χ0n) is 16.5. The van der Waals surface area contributed by atoms with Gasteiger partial charge in [0.25, 0.3) is 0 Å². The molecule has 0 aromatic carbocycles. The molecule has 2 unspecified atom stereocenters. The van der Waals surface area contributed by atoms with E-state index in [4.69, 9.17) is 0 Å². The summed E-state index contributed by atoms with van der Waals surface area (Å²) in [5.41, 5.74) is -0.162. The fourth-order valence-electron chi connectivity index (χ4n) is 4.21. The lowest BCUT2D eigenvalue weighted by molar-refractivity contribution is -0.141. The summed E-state index contributed by atoms with van der Waals surface area (Å²) in [6.07, 6.45) is -0.857. The summed E-state index contributed by atoms with van der Waals surface area (Å²) < 4.78 is 53.0. The van der Waals surface area contributed by atoms with Crippen molar-refractivity contribution in [2.45, 2.75) is 57.4 Å². The van der Waals surface area contributed by atoms with E-state index < -0.39 is 17.3 Å². The van der Waals surface area contributed by atoms with Gasteiger partial charge in [-0.1, -0.05) is 26.8 Å². The minimum Gasteiger partial charge on any atom is -0.348 e. The van der Waals surface area contributed by atoms with Crippen molar-refractivity contribution in [2.24, 2.45) is 0 Å². The van der Waals surface area contributed by atoms with Crippen molar-refractivity contribution in [1.29, 1.82) is 0 Å². The molecule has 0 amide bonds. The second-order valence-corrected chi connectivity index (χ2v) is 8.78. The third kappa shape index (κ3) is 3.80. The third-order valence-corrected chi connectivity index (χ3v) is 5.61. The molecule has 2 aliphatic heterocycles. The second-order valence-electron chi connectivity index (χ2n) is 8.78. The maximum Gasteiger partial charge on any atom is 0.433 e. The molecule has 0 saturated carbocycles. The van der Waals surface area contributed by atoms with Crippen molar-refractivity contribution >= 4 is 5.82 Å². The molecule has 2 fully saturated rings. The summed E-state index contributed by atoms with van der Waals surface area (Å²) in [4.78, 5) is 16.1. The van der Waals surface area contributed by atoms with Gasteiger partial charge in [0.05, 0.1) is 5.69 Å². The Kier molecular flexibility index (Phi) is 4.76. The zero-order chi connectivity index (χ0) is 21.0. The van der Waals surface area contributed by atoms with Gasteiger partial charge in [0, 0.05) is 43.3 Å². The second kappa shape index (κ2) is 6.90. The number of likely N-dealkylation sites (tertiary alicyclic amines) is 1. The molecular formula is C20H23F4N5. The largest absolute Gasteiger partial charge is 0.433 e. The van der Waals surface area contributed by atoms with Crippen LogP contribution in [0, 0.1) is 5.82 Å². The van der Waals surface area contributed by atoms with Crippen molar-refractivity contribution in [1.82, 2.24) is 19.9 Å². The van der Waals surface area contributed by atoms with Crippen LogP contribution in [0.4, 0.5) is 23.4 Å². The lowest BCUT2D eigenvalue weighted by Gasteiger charge is -2.35. The van der Waals surface area contributed by atoms with Crippen molar-refractivity contribution in [2.75, 3.05) is 18.0 Å². The van der Waals surface area contributed by atoms with Crippen LogP contribution >= 0.6 is 0 Å². The Hall–Kier alpha value is -2.29. The van der Waals surface area contributed by atoms with Gasteiger partial charge in [-0.05, 0) is 18.1 Å². The fraction of sp³-hybridized carbons (Fsp3) is 0.550. The summed E-state index contributed by atoms with van der Waals surface area (Å²) >= 11 is 0. The van der Waals surface area contributed by atoms with E-state index in [1.165, 1.54) is 18.6 Å². The van der Waals surface area contributed by atoms with Gasteiger partial charge in [-0.25, -0.2) is 14.4 Å². The van der Waals surface area contributed by atoms with Gasteiger partial charge in [-0.3, -0.25) is 9.88 Å². The van der Waals surface area contributed by atoms with Crippen LogP contribution < -0.4 is 4.90 Å². The Morgan fingerprint density at radius 1 is 1.03 bits per heavy atom. The highest BCUT2D eigenvalue weighted by Crippen LogP contribution is 2.37. The first kappa shape index (κ1) is 20.0. The molecule has 9 heteroatoms. The van der Waals surface area contributed by atoms with Gasteiger partial charge < -0.3 is 4.90 Å². The monoisotopic (exact) mass is 409 g/mol. The minimum atomic E-state index is -4.43. The molecule has 0 aliphatic carbocycles. The van der Waals surface area contributed by atoms with Crippen molar-refractivity contribution in [3.8, 4) is 0 Å². The van der Waals surface area contributed by atoms with Gasteiger partial charge in [-0.15, -0.1) is 0 Å². The number of aromatic nitrogens is 3. The van der Waals surface area contributed by atoms with E-state index in [-0.39, 0.29) is 17.9 Å². The van der Waals surface area contributed by atoms with Crippen LogP contribution in [0.15, 0.2) is 24.7 Å². The summed E-state index contributed by atoms with van der Waals surface area (Å²) in [5.74, 6) is -0.0284. The molecule has 2 aliphatic rings. The van der Waals surface area contributed by atoms with Crippen molar-refractivity contribution in [3.63, 3.8) is 0 Å². The average molecular weight is 409 g/mol. The predicted molar refractivity (Wildman–Crippen MR) is 99.9 cm³/mol. The average Bonchev–Trinajstić information content (AvgIpc) is 3.21. The first-order valence-electron chi connectivity index (χ1n) is 9.58. The predicted octanol–water partition coefficient (Wildman–Crippen LogP) is 3.79. The highest BCUT2D eigenvalue weighted by atomic mass is 19.4. The number of pyridine rings is 1. The maximum atomic E-state index is 15.0. The molecule has 0 N–H and O–H groups in total. The first-order valence-corrected chi connectivity index (χ1v) is 9.58. The first-order chi connectivity index (χ1) is 13.5. The number of nitrogens with zero attached hydrogens (tertiary/aromatic N) is 5. The highest BCUT2D eigenvalue weighted by Gasteiger charge is 2.45. The standard InChI is InChI=1S/C20H23F4N5/c1-19(2,3)17-16(21)18(27-11-26-17)29-10-13-6-14(29)9-28(13)8-12-4-5-15(25-7-12)20(22,23)24/h4-5,7,11,13-14H,6,8-10H2,1-3H3. The molecule has 5 nitrogen and oxygen atoms in total. The Labute approximate surface area is 166 Å². The molecule has 2 bridgehead atoms. The van der Waals surface area contributed by atoms with Gasteiger partial charge in [-0.2, -0.15) is 13.2 Å². The summed E-state index contributed by atoms with van der Waals surface area (Å²) in [6.45, 7) is 7.62. The molecule has 2 aromatic heterocycles. The molecule has 2 saturated heterocycles. The molecule has 2 atom stereocenters. The van der Waals surface area contributed by atoms with Gasteiger partial charge in [0.2, 0.25) is 0 Å². The van der Waals surface area contributed by atoms with Crippen LogP contribution in [0.2, 0.25) is 0 Å². The molecule has 4 rings (SSSR count). The number of piperazine rings is 1. The molecule has 156 valence electrons. The topological polar surface area (TPSA) is 45.2 Å². The lowest BCUT2D eigenvalue weighted by Crippen LogP contribution is -2.46. The summed E-state index contributed by atoms with van der Waals surface area (Å²) in [6, 6.07) is 2.81. The molecule has 0 spiro atoms. The van der Waals surface area contributed by atoms with Crippen molar-refractivity contribution in [3.05, 3.63) is 47.4 Å². The zero-order valence-corrected chi connectivity index (χ0v) is 16.5. The Bertz CT molecular complexity index is 891. The number of alkyl halides is 3. The highest BCUT2D eigenvalue weighted by molar-refractivity contribution is 5.46. The van der Waals surface area contributed by atoms with E-state index in [0.29, 0.717) is 31.1 Å². The summed E-state index contributed by atoms with van der Waals surface area (Å²) in [5, 5.41) is 0. The van der Waals surface area contributed by atoms with Crippen LogP contribution in [0.3, 0.4) is 0 Å². The smallest absolute Gasteiger partial charge is 0.348 e.